The molecule has 0 saturated carbocycles. The first-order valence-electron chi connectivity index (χ1n) is 8.06. The fraction of sp³-hybridized carbons (Fsp3) is 0.368. The van der Waals surface area contributed by atoms with Crippen molar-refractivity contribution in [1.29, 1.82) is 0 Å². The molecule has 0 bridgehead atoms. The SMILES string of the molecule is CC1(C)CC(=O)c2c(n3c(cc2=NO)-c2ccccc2CC3)C1. The fourth-order valence-corrected chi connectivity index (χ4v) is 4.01. The molecular weight excluding hydrogens is 288 g/mol. The molecule has 1 aliphatic carbocycles. The molecule has 2 aromatic rings. The summed E-state index contributed by atoms with van der Waals surface area (Å²) in [5, 5.41) is 13.3. The van der Waals surface area contributed by atoms with Crippen molar-refractivity contribution in [3.05, 3.63) is 52.5 Å². The smallest absolute Gasteiger partial charge is 0.167 e. The molecule has 2 heterocycles. The molecule has 0 amide bonds. The number of carbonyl (C=O) groups is 1. The molecule has 0 unspecified atom stereocenters. The largest absolute Gasteiger partial charge is 0.410 e. The van der Waals surface area contributed by atoms with Crippen LogP contribution in [0.5, 0.6) is 0 Å². The summed E-state index contributed by atoms with van der Waals surface area (Å²) in [7, 11) is 0. The van der Waals surface area contributed by atoms with Crippen LogP contribution in [0.4, 0.5) is 0 Å². The average Bonchev–Trinajstić information content (AvgIpc) is 2.52. The summed E-state index contributed by atoms with van der Waals surface area (Å²) in [6.45, 7) is 5.12. The van der Waals surface area contributed by atoms with E-state index in [0.717, 1.165) is 30.8 Å². The minimum Gasteiger partial charge on any atom is -0.410 e. The molecule has 2 aliphatic rings. The molecule has 23 heavy (non-hydrogen) atoms. The minimum atomic E-state index is -0.0596. The first kappa shape index (κ1) is 14.2. The predicted molar refractivity (Wildman–Crippen MR) is 87.4 cm³/mol. The zero-order chi connectivity index (χ0) is 16.2. The number of hydrogen-bond acceptors (Lipinski definition) is 3. The van der Waals surface area contributed by atoms with Crippen LogP contribution in [0.1, 0.15) is 41.9 Å². The van der Waals surface area contributed by atoms with Crippen molar-refractivity contribution in [2.24, 2.45) is 10.6 Å². The number of Topliss-reactive ketones (excluding diaryl/α,β-unsaturated/α-hetero) is 1. The second-order valence-corrected chi connectivity index (χ2v) is 7.34. The van der Waals surface area contributed by atoms with Gasteiger partial charge in [0.15, 0.2) is 5.78 Å². The molecule has 1 aromatic heterocycles. The lowest BCUT2D eigenvalue weighted by atomic mass is 9.75. The van der Waals surface area contributed by atoms with Crippen LogP contribution in [0.3, 0.4) is 0 Å². The van der Waals surface area contributed by atoms with Crippen molar-refractivity contribution in [3.63, 3.8) is 0 Å². The van der Waals surface area contributed by atoms with E-state index in [-0.39, 0.29) is 11.2 Å². The Bertz CT molecular complexity index is 891. The number of rotatable bonds is 0. The maximum absolute atomic E-state index is 12.6. The zero-order valence-corrected chi connectivity index (χ0v) is 13.5. The molecule has 0 atom stereocenters. The molecule has 0 saturated heterocycles. The van der Waals surface area contributed by atoms with Crippen LogP contribution >= 0.6 is 0 Å². The summed E-state index contributed by atoms with van der Waals surface area (Å²) in [4.78, 5) is 12.6. The van der Waals surface area contributed by atoms with Gasteiger partial charge in [0, 0.05) is 24.2 Å². The van der Waals surface area contributed by atoms with Crippen LogP contribution in [0.25, 0.3) is 11.3 Å². The topological polar surface area (TPSA) is 54.6 Å². The molecule has 0 spiro atoms. The number of carbonyl (C=O) groups excluding carboxylic acids is 1. The summed E-state index contributed by atoms with van der Waals surface area (Å²) >= 11 is 0. The second-order valence-electron chi connectivity index (χ2n) is 7.34. The van der Waals surface area contributed by atoms with E-state index in [1.165, 1.54) is 11.1 Å². The maximum atomic E-state index is 12.6. The predicted octanol–water partition coefficient (Wildman–Crippen LogP) is 3.16. The Hall–Kier alpha value is -2.36. The molecular formula is C19H20N2O2. The Kier molecular flexibility index (Phi) is 2.98. The minimum absolute atomic E-state index is 0.0596. The first-order valence-corrected chi connectivity index (χ1v) is 8.06. The van der Waals surface area contributed by atoms with E-state index in [1.54, 1.807) is 0 Å². The van der Waals surface area contributed by atoms with Crippen LogP contribution in [-0.4, -0.2) is 15.6 Å². The Morgan fingerprint density at radius 1 is 1.22 bits per heavy atom. The molecule has 0 fully saturated rings. The molecule has 118 valence electrons. The van der Waals surface area contributed by atoms with E-state index < -0.39 is 0 Å². The van der Waals surface area contributed by atoms with Gasteiger partial charge in [-0.1, -0.05) is 43.3 Å². The number of hydrogen-bond donors (Lipinski definition) is 1. The highest BCUT2D eigenvalue weighted by Crippen LogP contribution is 2.37. The van der Waals surface area contributed by atoms with E-state index in [2.05, 4.69) is 41.8 Å². The van der Waals surface area contributed by atoms with E-state index in [4.69, 9.17) is 0 Å². The number of fused-ring (bicyclic) bond motifs is 5. The third-order valence-corrected chi connectivity index (χ3v) is 5.00. The summed E-state index contributed by atoms with van der Waals surface area (Å²) in [6.07, 6.45) is 2.29. The van der Waals surface area contributed by atoms with E-state index >= 15 is 0 Å². The number of aryl methyl sites for hydroxylation is 1. The molecule has 0 radical (unpaired) electrons. The summed E-state index contributed by atoms with van der Waals surface area (Å²) in [5.74, 6) is 0.0817. The third-order valence-electron chi connectivity index (χ3n) is 5.00. The molecule has 1 N–H and O–H groups in total. The van der Waals surface area contributed by atoms with Gasteiger partial charge >= 0.3 is 0 Å². The van der Waals surface area contributed by atoms with Crippen LogP contribution in [0, 0.1) is 5.41 Å². The van der Waals surface area contributed by atoms with Gasteiger partial charge in [0.25, 0.3) is 0 Å². The van der Waals surface area contributed by atoms with Gasteiger partial charge in [0.2, 0.25) is 0 Å². The van der Waals surface area contributed by atoms with Crippen LogP contribution in [0.15, 0.2) is 35.5 Å². The van der Waals surface area contributed by atoms with Crippen LogP contribution < -0.4 is 5.36 Å². The van der Waals surface area contributed by atoms with Gasteiger partial charge < -0.3 is 9.77 Å². The summed E-state index contributed by atoms with van der Waals surface area (Å²) in [6, 6.07) is 10.2. The normalized spacial score (nSPS) is 19.0. The number of pyridine rings is 1. The van der Waals surface area contributed by atoms with Crippen molar-refractivity contribution in [3.8, 4) is 11.3 Å². The van der Waals surface area contributed by atoms with Crippen LogP contribution in [0.2, 0.25) is 0 Å². The lowest BCUT2D eigenvalue weighted by molar-refractivity contribution is 0.0904. The molecule has 4 nitrogen and oxygen atoms in total. The van der Waals surface area contributed by atoms with Crippen molar-refractivity contribution in [1.82, 2.24) is 4.57 Å². The molecule has 1 aromatic carbocycles. The van der Waals surface area contributed by atoms with Gasteiger partial charge in [0.05, 0.1) is 11.3 Å². The van der Waals surface area contributed by atoms with Gasteiger partial charge in [-0.3, -0.25) is 4.79 Å². The third kappa shape index (κ3) is 2.12. The van der Waals surface area contributed by atoms with Crippen LogP contribution in [-0.2, 0) is 19.4 Å². The average molecular weight is 308 g/mol. The lowest BCUT2D eigenvalue weighted by Gasteiger charge is -2.35. The summed E-state index contributed by atoms with van der Waals surface area (Å²) < 4.78 is 2.26. The number of aromatic nitrogens is 1. The van der Waals surface area contributed by atoms with Gasteiger partial charge in [-0.15, -0.1) is 0 Å². The van der Waals surface area contributed by atoms with Gasteiger partial charge in [-0.25, -0.2) is 0 Å². The first-order chi connectivity index (χ1) is 11.0. The van der Waals surface area contributed by atoms with E-state index in [0.29, 0.717) is 17.3 Å². The highest BCUT2D eigenvalue weighted by molar-refractivity contribution is 5.99. The summed E-state index contributed by atoms with van der Waals surface area (Å²) in [5.41, 5.74) is 5.08. The monoisotopic (exact) mass is 308 g/mol. The van der Waals surface area contributed by atoms with E-state index in [1.807, 2.05) is 12.1 Å². The quantitative estimate of drug-likeness (QED) is 0.600. The molecule has 4 heteroatoms. The van der Waals surface area contributed by atoms with Gasteiger partial charge in [0.1, 0.15) is 5.36 Å². The Balaban J connectivity index is 2.06. The standard InChI is InChI=1S/C19H20N2O2/c1-19(2)10-16-18(17(22)11-19)14(20-23)9-15-13-6-4-3-5-12(13)7-8-21(15)16/h3-6,9,23H,7-8,10-11H2,1-2H3. The van der Waals surface area contributed by atoms with Crippen molar-refractivity contribution >= 4 is 5.78 Å². The van der Waals surface area contributed by atoms with Crippen molar-refractivity contribution in [2.45, 2.75) is 39.7 Å². The Labute approximate surface area is 135 Å². The number of benzene rings is 1. The highest BCUT2D eigenvalue weighted by Gasteiger charge is 2.35. The number of nitrogens with zero attached hydrogens (tertiary/aromatic N) is 2. The lowest BCUT2D eigenvalue weighted by Crippen LogP contribution is -2.36. The Morgan fingerprint density at radius 3 is 2.78 bits per heavy atom. The zero-order valence-electron chi connectivity index (χ0n) is 13.5. The van der Waals surface area contributed by atoms with E-state index in [9.17, 15) is 10.0 Å². The Morgan fingerprint density at radius 2 is 2.00 bits per heavy atom. The molecule has 1 aliphatic heterocycles. The van der Waals surface area contributed by atoms with Crippen molar-refractivity contribution < 1.29 is 10.0 Å². The fourth-order valence-electron chi connectivity index (χ4n) is 4.01. The second kappa shape index (κ2) is 4.82. The maximum Gasteiger partial charge on any atom is 0.167 e. The number of ketones is 1. The van der Waals surface area contributed by atoms with Gasteiger partial charge in [-0.2, -0.15) is 0 Å². The molecule has 4 rings (SSSR count). The highest BCUT2D eigenvalue weighted by atomic mass is 16.4. The van der Waals surface area contributed by atoms with Crippen molar-refractivity contribution in [2.75, 3.05) is 0 Å². The van der Waals surface area contributed by atoms with Gasteiger partial charge in [-0.05, 0) is 29.9 Å².